The van der Waals surface area contributed by atoms with Gasteiger partial charge in [0.1, 0.15) is 9.84 Å². The largest absolute Gasteiger partial charge is 0.312 e. The zero-order valence-corrected chi connectivity index (χ0v) is 13.3. The number of sulfone groups is 1. The molecule has 1 N–H and O–H groups in total. The normalized spacial score (nSPS) is 15.7. The lowest BCUT2D eigenvalue weighted by atomic mass is 10.6. The number of hydrogen-bond acceptors (Lipinski definition) is 7. The lowest BCUT2D eigenvalue weighted by Crippen LogP contribution is -2.22. The maximum atomic E-state index is 11.4. The van der Waals surface area contributed by atoms with Gasteiger partial charge in [-0.25, -0.2) is 13.1 Å². The Morgan fingerprint density at radius 3 is 2.95 bits per heavy atom. The number of aromatic nitrogens is 4. The second-order valence-corrected chi connectivity index (χ2v) is 8.39. The Morgan fingerprint density at radius 2 is 2.25 bits per heavy atom. The zero-order valence-electron chi connectivity index (χ0n) is 11.7. The van der Waals surface area contributed by atoms with Crippen LogP contribution in [0.4, 0.5) is 0 Å². The Balaban J connectivity index is 1.68. The molecule has 0 aliphatic heterocycles. The molecule has 1 heterocycles. The molecule has 0 aromatic carbocycles. The Kier molecular flexibility index (Phi) is 5.79. The molecule has 114 valence electrons. The molecule has 0 bridgehead atoms. The molecule has 1 fully saturated rings. The minimum atomic E-state index is -2.87. The van der Waals surface area contributed by atoms with E-state index in [2.05, 4.69) is 20.8 Å². The highest BCUT2D eigenvalue weighted by molar-refractivity contribution is 7.99. The molecule has 1 aliphatic carbocycles. The molecular formula is C11H21N5O2S2. The first kappa shape index (κ1) is 15.7. The van der Waals surface area contributed by atoms with Crippen LogP contribution >= 0.6 is 11.8 Å². The van der Waals surface area contributed by atoms with E-state index in [1.165, 1.54) is 24.6 Å². The van der Waals surface area contributed by atoms with Gasteiger partial charge in [0, 0.05) is 24.1 Å². The molecule has 1 saturated carbocycles. The van der Waals surface area contributed by atoms with Crippen molar-refractivity contribution in [1.29, 1.82) is 0 Å². The molecule has 0 spiro atoms. The van der Waals surface area contributed by atoms with Gasteiger partial charge < -0.3 is 5.32 Å². The molecule has 7 nitrogen and oxygen atoms in total. The van der Waals surface area contributed by atoms with Crippen LogP contribution in [0.2, 0.25) is 0 Å². The Bertz CT molecular complexity index is 513. The molecule has 1 aromatic heterocycles. The quantitative estimate of drug-likeness (QED) is 0.491. The van der Waals surface area contributed by atoms with Gasteiger partial charge in [0.2, 0.25) is 5.16 Å². The maximum absolute atomic E-state index is 11.4. The fourth-order valence-electron chi connectivity index (χ4n) is 1.69. The number of nitrogens with zero attached hydrogens (tertiary/aromatic N) is 4. The van der Waals surface area contributed by atoms with Gasteiger partial charge in [-0.2, -0.15) is 0 Å². The minimum absolute atomic E-state index is 0.211. The summed E-state index contributed by atoms with van der Waals surface area (Å²) in [5.74, 6) is 1.17. The van der Waals surface area contributed by atoms with Crippen molar-refractivity contribution in [2.45, 2.75) is 43.9 Å². The highest BCUT2D eigenvalue weighted by Crippen LogP contribution is 2.18. The lowest BCUT2D eigenvalue weighted by molar-refractivity contribution is 0.509. The standard InChI is InChI=1S/C11H21N5O2S2/c1-2-20(17,18)9-3-8-19-11-13-14-15-16(11)7-6-12-10-4-5-10/h10,12H,2-9H2,1H3. The predicted octanol–water partition coefficient (Wildman–Crippen LogP) is 0.342. The first-order chi connectivity index (χ1) is 9.61. The van der Waals surface area contributed by atoms with Crippen molar-refractivity contribution in [2.24, 2.45) is 0 Å². The molecule has 1 aromatic rings. The van der Waals surface area contributed by atoms with Crippen molar-refractivity contribution in [2.75, 3.05) is 23.8 Å². The fourth-order valence-corrected chi connectivity index (χ4v) is 3.59. The number of rotatable bonds is 10. The molecule has 20 heavy (non-hydrogen) atoms. The van der Waals surface area contributed by atoms with E-state index in [4.69, 9.17) is 0 Å². The van der Waals surface area contributed by atoms with Crippen molar-refractivity contribution in [1.82, 2.24) is 25.5 Å². The average molecular weight is 319 g/mol. The average Bonchev–Trinajstić information content (AvgIpc) is 3.14. The van der Waals surface area contributed by atoms with Gasteiger partial charge in [-0.05, 0) is 29.7 Å². The Labute approximate surface area is 123 Å². The summed E-state index contributed by atoms with van der Waals surface area (Å²) in [6.07, 6.45) is 3.17. The third kappa shape index (κ3) is 5.37. The summed E-state index contributed by atoms with van der Waals surface area (Å²) in [5.41, 5.74) is 0. The van der Waals surface area contributed by atoms with Crippen LogP contribution in [-0.4, -0.2) is 58.5 Å². The number of nitrogens with one attached hydrogen (secondary N) is 1. The van der Waals surface area contributed by atoms with Crippen LogP contribution < -0.4 is 5.32 Å². The van der Waals surface area contributed by atoms with E-state index < -0.39 is 9.84 Å². The van der Waals surface area contributed by atoms with E-state index in [1.54, 1.807) is 11.6 Å². The SMILES string of the molecule is CCS(=O)(=O)CCCSc1nnnn1CCNC1CC1. The van der Waals surface area contributed by atoms with Crippen LogP contribution in [0, 0.1) is 0 Å². The van der Waals surface area contributed by atoms with E-state index in [-0.39, 0.29) is 11.5 Å². The van der Waals surface area contributed by atoms with Crippen LogP contribution in [0.25, 0.3) is 0 Å². The fraction of sp³-hybridized carbons (Fsp3) is 0.909. The van der Waals surface area contributed by atoms with Gasteiger partial charge in [-0.3, -0.25) is 0 Å². The first-order valence-corrected chi connectivity index (χ1v) is 9.74. The van der Waals surface area contributed by atoms with Gasteiger partial charge in [0.05, 0.1) is 12.3 Å². The van der Waals surface area contributed by atoms with Crippen LogP contribution in [0.1, 0.15) is 26.2 Å². The smallest absolute Gasteiger partial charge is 0.209 e. The summed E-state index contributed by atoms with van der Waals surface area (Å²) in [5, 5.41) is 15.8. The molecule has 0 saturated heterocycles. The number of tetrazole rings is 1. The topological polar surface area (TPSA) is 89.8 Å². The van der Waals surface area contributed by atoms with Crippen LogP contribution in [0.3, 0.4) is 0 Å². The van der Waals surface area contributed by atoms with Gasteiger partial charge in [-0.1, -0.05) is 18.7 Å². The highest BCUT2D eigenvalue weighted by Gasteiger charge is 2.20. The van der Waals surface area contributed by atoms with Crippen LogP contribution in [-0.2, 0) is 16.4 Å². The number of thioether (sulfide) groups is 1. The summed E-state index contributed by atoms with van der Waals surface area (Å²) in [6.45, 7) is 3.29. The van der Waals surface area contributed by atoms with E-state index in [0.717, 1.165) is 24.0 Å². The van der Waals surface area contributed by atoms with Crippen molar-refractivity contribution in [3.63, 3.8) is 0 Å². The molecule has 0 atom stereocenters. The van der Waals surface area contributed by atoms with E-state index in [9.17, 15) is 8.42 Å². The summed E-state index contributed by atoms with van der Waals surface area (Å²) in [6, 6.07) is 0.682. The van der Waals surface area contributed by atoms with Gasteiger partial charge >= 0.3 is 0 Å². The second-order valence-electron chi connectivity index (χ2n) is 4.85. The van der Waals surface area contributed by atoms with E-state index in [0.29, 0.717) is 12.5 Å². The van der Waals surface area contributed by atoms with Crippen molar-refractivity contribution < 1.29 is 8.42 Å². The second kappa shape index (κ2) is 7.37. The van der Waals surface area contributed by atoms with Crippen LogP contribution in [0.15, 0.2) is 5.16 Å². The zero-order chi connectivity index (χ0) is 14.4. The first-order valence-electron chi connectivity index (χ1n) is 6.93. The van der Waals surface area contributed by atoms with E-state index in [1.807, 2.05) is 0 Å². The van der Waals surface area contributed by atoms with E-state index >= 15 is 0 Å². The third-order valence-corrected chi connectivity index (χ3v) is 5.94. The third-order valence-electron chi connectivity index (χ3n) is 3.10. The molecular weight excluding hydrogens is 298 g/mol. The van der Waals surface area contributed by atoms with Gasteiger partial charge in [0.25, 0.3) is 0 Å². The summed E-state index contributed by atoms with van der Waals surface area (Å²) in [4.78, 5) is 0. The van der Waals surface area contributed by atoms with Gasteiger partial charge in [-0.15, -0.1) is 5.10 Å². The molecule has 1 aliphatic rings. The molecule has 2 rings (SSSR count). The lowest BCUT2D eigenvalue weighted by Gasteiger charge is -2.05. The molecule has 0 radical (unpaired) electrons. The maximum Gasteiger partial charge on any atom is 0.209 e. The Hall–Kier alpha value is -0.670. The highest BCUT2D eigenvalue weighted by atomic mass is 32.2. The van der Waals surface area contributed by atoms with Crippen LogP contribution in [0.5, 0.6) is 0 Å². The summed E-state index contributed by atoms with van der Waals surface area (Å²) < 4.78 is 24.5. The van der Waals surface area contributed by atoms with Gasteiger partial charge in [0.15, 0.2) is 0 Å². The van der Waals surface area contributed by atoms with Crippen molar-refractivity contribution in [3.8, 4) is 0 Å². The monoisotopic (exact) mass is 319 g/mol. The summed E-state index contributed by atoms with van der Waals surface area (Å²) in [7, 11) is -2.87. The van der Waals surface area contributed by atoms with Crippen molar-refractivity contribution in [3.05, 3.63) is 0 Å². The molecule has 0 amide bonds. The molecule has 0 unspecified atom stereocenters. The summed E-state index contributed by atoms with van der Waals surface area (Å²) >= 11 is 1.51. The van der Waals surface area contributed by atoms with Crippen molar-refractivity contribution >= 4 is 21.6 Å². The Morgan fingerprint density at radius 1 is 1.45 bits per heavy atom. The number of hydrogen-bond donors (Lipinski definition) is 1. The minimum Gasteiger partial charge on any atom is -0.312 e. The molecule has 9 heteroatoms. The predicted molar refractivity (Wildman–Crippen MR) is 78.5 cm³/mol.